The number of ether oxygens (including phenoxy) is 1. The molecule has 5 nitrogen and oxygen atoms in total. The van der Waals surface area contributed by atoms with Gasteiger partial charge in [-0.25, -0.2) is 4.98 Å². The molecule has 0 spiro atoms. The molecule has 1 atom stereocenters. The molecule has 0 saturated heterocycles. The van der Waals surface area contributed by atoms with E-state index in [1.165, 1.54) is 0 Å². The van der Waals surface area contributed by atoms with Crippen LogP contribution in [0, 0.1) is 6.92 Å². The van der Waals surface area contributed by atoms with Gasteiger partial charge in [0.25, 0.3) is 0 Å². The van der Waals surface area contributed by atoms with Crippen molar-refractivity contribution in [2.75, 3.05) is 6.61 Å². The molecule has 3 rings (SSSR count). The van der Waals surface area contributed by atoms with E-state index in [0.29, 0.717) is 19.6 Å². The summed E-state index contributed by atoms with van der Waals surface area (Å²) in [5.74, 6) is 1.72. The van der Waals surface area contributed by atoms with Crippen LogP contribution in [-0.2, 0) is 11.3 Å². The highest BCUT2D eigenvalue weighted by Crippen LogP contribution is 2.21. The summed E-state index contributed by atoms with van der Waals surface area (Å²) in [6.07, 6.45) is 0.707. The van der Waals surface area contributed by atoms with Crippen molar-refractivity contribution in [2.24, 2.45) is 0 Å². The lowest BCUT2D eigenvalue weighted by Gasteiger charge is -2.15. The third-order valence-electron chi connectivity index (χ3n) is 4.06. The zero-order valence-electron chi connectivity index (χ0n) is 13.9. The van der Waals surface area contributed by atoms with E-state index < -0.39 is 0 Å². The minimum atomic E-state index is -0.159. The fourth-order valence-electron chi connectivity index (χ4n) is 2.80. The number of carbonyl (C=O) groups excluding carboxylic acids is 1. The lowest BCUT2D eigenvalue weighted by molar-refractivity contribution is -0.110. The van der Waals surface area contributed by atoms with Gasteiger partial charge >= 0.3 is 0 Å². The smallest absolute Gasteiger partial charge is 0.207 e. The van der Waals surface area contributed by atoms with Crippen LogP contribution in [0.5, 0.6) is 5.75 Å². The zero-order chi connectivity index (χ0) is 16.9. The zero-order valence-corrected chi connectivity index (χ0v) is 13.9. The second-order valence-electron chi connectivity index (χ2n) is 5.73. The number of fused-ring (bicyclic) bond motifs is 1. The van der Waals surface area contributed by atoms with Gasteiger partial charge in [0, 0.05) is 0 Å². The van der Waals surface area contributed by atoms with Gasteiger partial charge < -0.3 is 14.6 Å². The van der Waals surface area contributed by atoms with Crippen molar-refractivity contribution in [3.8, 4) is 5.75 Å². The van der Waals surface area contributed by atoms with E-state index in [1.54, 1.807) is 0 Å². The number of para-hydroxylation sites is 3. The molecule has 0 radical (unpaired) electrons. The third-order valence-corrected chi connectivity index (χ3v) is 4.06. The Hall–Kier alpha value is -2.82. The van der Waals surface area contributed by atoms with Crippen LogP contribution < -0.4 is 10.1 Å². The van der Waals surface area contributed by atoms with E-state index >= 15 is 0 Å². The minimum absolute atomic E-state index is 0.159. The first kappa shape index (κ1) is 16.1. The van der Waals surface area contributed by atoms with E-state index in [2.05, 4.69) is 14.9 Å². The van der Waals surface area contributed by atoms with Gasteiger partial charge in [0.15, 0.2) is 0 Å². The second-order valence-corrected chi connectivity index (χ2v) is 5.73. The molecule has 2 aromatic carbocycles. The molecule has 24 heavy (non-hydrogen) atoms. The molecule has 0 aliphatic rings. The molecule has 0 saturated carbocycles. The van der Waals surface area contributed by atoms with Crippen molar-refractivity contribution in [1.29, 1.82) is 0 Å². The van der Waals surface area contributed by atoms with E-state index in [9.17, 15) is 4.79 Å². The average molecular weight is 323 g/mol. The Morgan fingerprint density at radius 3 is 2.75 bits per heavy atom. The first-order valence-corrected chi connectivity index (χ1v) is 8.04. The van der Waals surface area contributed by atoms with E-state index in [4.69, 9.17) is 4.74 Å². The summed E-state index contributed by atoms with van der Waals surface area (Å²) < 4.78 is 8.02. The van der Waals surface area contributed by atoms with Crippen molar-refractivity contribution < 1.29 is 9.53 Å². The number of nitrogens with one attached hydrogen (secondary N) is 1. The maximum absolute atomic E-state index is 10.8. The van der Waals surface area contributed by atoms with E-state index in [0.717, 1.165) is 28.2 Å². The van der Waals surface area contributed by atoms with Gasteiger partial charge in [-0.3, -0.25) is 4.79 Å². The van der Waals surface area contributed by atoms with Gasteiger partial charge in [0.2, 0.25) is 6.41 Å². The van der Waals surface area contributed by atoms with Gasteiger partial charge in [-0.2, -0.15) is 0 Å². The normalized spacial score (nSPS) is 12.1. The topological polar surface area (TPSA) is 56.1 Å². The number of carbonyl (C=O) groups is 1. The quantitative estimate of drug-likeness (QED) is 0.679. The highest BCUT2D eigenvalue weighted by atomic mass is 16.5. The van der Waals surface area contributed by atoms with Gasteiger partial charge in [-0.05, 0) is 37.6 Å². The Balaban J connectivity index is 1.83. The number of amides is 1. The SMILES string of the molecule is Cc1ccccc1OCCn1c(C(C)NC=O)nc2ccccc21. The van der Waals surface area contributed by atoms with Crippen LogP contribution in [0.25, 0.3) is 11.0 Å². The third kappa shape index (κ3) is 3.25. The van der Waals surface area contributed by atoms with Crippen LogP contribution >= 0.6 is 0 Å². The van der Waals surface area contributed by atoms with Crippen molar-refractivity contribution in [3.05, 3.63) is 59.9 Å². The standard InChI is InChI=1S/C19H21N3O2/c1-14-7-3-6-10-18(14)24-12-11-22-17-9-5-4-8-16(17)21-19(22)15(2)20-13-23/h3-10,13,15H,11-12H2,1-2H3,(H,20,23). The van der Waals surface area contributed by atoms with Crippen LogP contribution in [0.3, 0.4) is 0 Å². The first-order valence-electron chi connectivity index (χ1n) is 8.04. The Morgan fingerprint density at radius 1 is 1.21 bits per heavy atom. The first-order chi connectivity index (χ1) is 11.7. The van der Waals surface area contributed by atoms with Crippen LogP contribution in [0.4, 0.5) is 0 Å². The number of rotatable bonds is 7. The molecule has 0 fully saturated rings. The molecule has 1 N–H and O–H groups in total. The van der Waals surface area contributed by atoms with Gasteiger partial charge in [0.05, 0.1) is 23.6 Å². The number of nitrogens with zero attached hydrogens (tertiary/aromatic N) is 2. The maximum Gasteiger partial charge on any atom is 0.207 e. The fourth-order valence-corrected chi connectivity index (χ4v) is 2.80. The number of benzene rings is 2. The predicted molar refractivity (Wildman–Crippen MR) is 94.0 cm³/mol. The van der Waals surface area contributed by atoms with Crippen LogP contribution in [0.2, 0.25) is 0 Å². The summed E-state index contributed by atoms with van der Waals surface area (Å²) >= 11 is 0. The molecule has 0 aliphatic carbocycles. The molecule has 124 valence electrons. The van der Waals surface area contributed by atoms with Crippen LogP contribution in [0.1, 0.15) is 24.4 Å². The second kappa shape index (κ2) is 7.17. The maximum atomic E-state index is 10.8. The lowest BCUT2D eigenvalue weighted by Crippen LogP contribution is -2.22. The molecule has 0 bridgehead atoms. The van der Waals surface area contributed by atoms with Gasteiger partial charge in [-0.15, -0.1) is 0 Å². The van der Waals surface area contributed by atoms with Crippen LogP contribution in [0.15, 0.2) is 48.5 Å². The Labute approximate surface area is 141 Å². The number of hydrogen-bond acceptors (Lipinski definition) is 3. The Bertz CT molecular complexity index is 841. The van der Waals surface area contributed by atoms with Gasteiger partial charge in [-0.1, -0.05) is 30.3 Å². The average Bonchev–Trinajstić information content (AvgIpc) is 2.96. The van der Waals surface area contributed by atoms with Crippen molar-refractivity contribution in [2.45, 2.75) is 26.4 Å². The predicted octanol–water partition coefficient (Wildman–Crippen LogP) is 3.23. The number of hydrogen-bond donors (Lipinski definition) is 1. The number of aromatic nitrogens is 2. The molecule has 1 unspecified atom stereocenters. The molecule has 1 heterocycles. The van der Waals surface area contributed by atoms with Crippen molar-refractivity contribution in [3.63, 3.8) is 0 Å². The monoisotopic (exact) mass is 323 g/mol. The molecule has 1 amide bonds. The summed E-state index contributed by atoms with van der Waals surface area (Å²) in [5, 5.41) is 2.78. The fraction of sp³-hybridized carbons (Fsp3) is 0.263. The molecule has 1 aromatic heterocycles. The summed E-state index contributed by atoms with van der Waals surface area (Å²) in [7, 11) is 0. The molecular formula is C19H21N3O2. The lowest BCUT2D eigenvalue weighted by atomic mass is 10.2. The minimum Gasteiger partial charge on any atom is -0.491 e. The summed E-state index contributed by atoms with van der Waals surface area (Å²) in [6.45, 7) is 5.15. The van der Waals surface area contributed by atoms with E-state index in [-0.39, 0.29) is 6.04 Å². The summed E-state index contributed by atoms with van der Waals surface area (Å²) in [5.41, 5.74) is 3.08. The summed E-state index contributed by atoms with van der Waals surface area (Å²) in [4.78, 5) is 15.4. The number of imidazole rings is 1. The molecule has 0 aliphatic heterocycles. The molecule has 5 heteroatoms. The highest BCUT2D eigenvalue weighted by molar-refractivity contribution is 5.76. The molecular weight excluding hydrogens is 302 g/mol. The van der Waals surface area contributed by atoms with Crippen molar-refractivity contribution in [1.82, 2.24) is 14.9 Å². The summed E-state index contributed by atoms with van der Waals surface area (Å²) in [6, 6.07) is 15.8. The molecule has 3 aromatic rings. The number of aryl methyl sites for hydroxylation is 1. The highest BCUT2D eigenvalue weighted by Gasteiger charge is 2.15. The van der Waals surface area contributed by atoms with Gasteiger partial charge in [0.1, 0.15) is 18.2 Å². The Kier molecular flexibility index (Phi) is 4.79. The largest absolute Gasteiger partial charge is 0.491 e. The van der Waals surface area contributed by atoms with E-state index in [1.807, 2.05) is 62.4 Å². The van der Waals surface area contributed by atoms with Crippen molar-refractivity contribution >= 4 is 17.4 Å². The Morgan fingerprint density at radius 2 is 1.96 bits per heavy atom. The van der Waals surface area contributed by atoms with Crippen LogP contribution in [-0.4, -0.2) is 22.6 Å².